The molecule has 0 unspecified atom stereocenters. The summed E-state index contributed by atoms with van der Waals surface area (Å²) in [7, 11) is 0. The van der Waals surface area contributed by atoms with Gasteiger partial charge >= 0.3 is 4.87 Å². The summed E-state index contributed by atoms with van der Waals surface area (Å²) in [5.41, 5.74) is 8.09. The Morgan fingerprint density at radius 2 is 1.96 bits per heavy atom. The van der Waals surface area contributed by atoms with E-state index in [4.69, 9.17) is 5.73 Å². The second-order valence-electron chi connectivity index (χ2n) is 6.74. The molecule has 0 saturated carbocycles. The maximum atomic E-state index is 12.5. The number of aryl methyl sites for hydroxylation is 1. The number of primary amides is 1. The molecule has 0 atom stereocenters. The van der Waals surface area contributed by atoms with Gasteiger partial charge in [-0.1, -0.05) is 11.3 Å². The number of aromatic nitrogens is 1. The Labute approximate surface area is 161 Å². The van der Waals surface area contributed by atoms with Crippen LogP contribution in [-0.2, 0) is 11.3 Å². The molecule has 1 saturated heterocycles. The van der Waals surface area contributed by atoms with Gasteiger partial charge in [-0.3, -0.25) is 14.4 Å². The average molecular weight is 388 g/mol. The highest BCUT2D eigenvalue weighted by atomic mass is 32.1. The SMILES string of the molecule is Cc1csc(=O)n1CCC(=O)Nc1cc(C(N)=O)ccc1N1CCCCC1. The summed E-state index contributed by atoms with van der Waals surface area (Å²) in [5.74, 6) is -0.733. The molecular formula is C19H24N4O3S. The number of thiazole rings is 1. The minimum Gasteiger partial charge on any atom is -0.370 e. The molecule has 1 aliphatic heterocycles. The first-order chi connectivity index (χ1) is 13.0. The van der Waals surface area contributed by atoms with Crippen molar-refractivity contribution in [3.8, 4) is 0 Å². The Morgan fingerprint density at radius 3 is 2.59 bits per heavy atom. The summed E-state index contributed by atoms with van der Waals surface area (Å²) >= 11 is 1.13. The fourth-order valence-electron chi connectivity index (χ4n) is 3.30. The van der Waals surface area contributed by atoms with Crippen LogP contribution in [0.4, 0.5) is 11.4 Å². The van der Waals surface area contributed by atoms with Gasteiger partial charge < -0.3 is 20.5 Å². The normalized spacial score (nSPS) is 14.2. The van der Waals surface area contributed by atoms with Gasteiger partial charge in [0.05, 0.1) is 11.4 Å². The lowest BCUT2D eigenvalue weighted by Crippen LogP contribution is -2.30. The third-order valence-corrected chi connectivity index (χ3v) is 5.67. The van der Waals surface area contributed by atoms with Crippen LogP contribution < -0.4 is 20.8 Å². The van der Waals surface area contributed by atoms with Crippen LogP contribution in [0, 0.1) is 6.92 Å². The second kappa shape index (κ2) is 8.39. The third kappa shape index (κ3) is 4.57. The number of anilines is 2. The van der Waals surface area contributed by atoms with E-state index in [0.29, 0.717) is 17.8 Å². The van der Waals surface area contributed by atoms with Crippen LogP contribution >= 0.6 is 11.3 Å². The molecule has 1 aromatic carbocycles. The van der Waals surface area contributed by atoms with Crippen molar-refractivity contribution >= 4 is 34.5 Å². The molecule has 27 heavy (non-hydrogen) atoms. The largest absolute Gasteiger partial charge is 0.370 e. The second-order valence-corrected chi connectivity index (χ2v) is 7.56. The highest BCUT2D eigenvalue weighted by Gasteiger charge is 2.17. The Kier molecular flexibility index (Phi) is 5.95. The monoisotopic (exact) mass is 388 g/mol. The lowest BCUT2D eigenvalue weighted by atomic mass is 10.1. The molecule has 0 aliphatic carbocycles. The Bertz CT molecular complexity index is 897. The minimum absolute atomic E-state index is 0.0648. The fourth-order valence-corrected chi connectivity index (χ4v) is 4.06. The van der Waals surface area contributed by atoms with Crippen molar-refractivity contribution in [1.82, 2.24) is 4.57 Å². The zero-order chi connectivity index (χ0) is 19.4. The predicted octanol–water partition coefficient (Wildman–Crippen LogP) is 2.34. The van der Waals surface area contributed by atoms with Crippen LogP contribution in [-0.4, -0.2) is 29.5 Å². The summed E-state index contributed by atoms with van der Waals surface area (Å²) in [6.07, 6.45) is 3.58. The van der Waals surface area contributed by atoms with E-state index in [9.17, 15) is 14.4 Å². The van der Waals surface area contributed by atoms with Gasteiger partial charge in [0.25, 0.3) is 0 Å². The molecule has 2 amide bonds. The molecule has 0 spiro atoms. The summed E-state index contributed by atoms with van der Waals surface area (Å²) in [5, 5.41) is 4.69. The zero-order valence-electron chi connectivity index (χ0n) is 15.4. The van der Waals surface area contributed by atoms with Crippen molar-refractivity contribution in [2.24, 2.45) is 5.73 Å². The van der Waals surface area contributed by atoms with Crippen LogP contribution in [0.15, 0.2) is 28.4 Å². The predicted molar refractivity (Wildman–Crippen MR) is 108 cm³/mol. The number of carbonyl (C=O) groups excluding carboxylic acids is 2. The molecule has 1 fully saturated rings. The van der Waals surface area contributed by atoms with Gasteiger partial charge in [0.1, 0.15) is 0 Å². The third-order valence-electron chi connectivity index (χ3n) is 4.79. The molecule has 3 N–H and O–H groups in total. The summed E-state index contributed by atoms with van der Waals surface area (Å²) in [4.78, 5) is 38.0. The van der Waals surface area contributed by atoms with Gasteiger partial charge in [-0.25, -0.2) is 0 Å². The number of nitrogens with zero attached hydrogens (tertiary/aromatic N) is 2. The molecule has 1 aromatic heterocycles. The molecule has 0 radical (unpaired) electrons. The Morgan fingerprint density at radius 1 is 1.22 bits per heavy atom. The number of piperidine rings is 1. The standard InChI is InChI=1S/C19H24N4O3S/c1-13-12-27-19(26)23(13)10-7-17(24)21-15-11-14(18(20)25)5-6-16(15)22-8-3-2-4-9-22/h5-6,11-12H,2-4,7-10H2,1H3,(H2,20,25)(H,21,24). The van der Waals surface area contributed by atoms with E-state index >= 15 is 0 Å². The molecule has 1 aliphatic rings. The van der Waals surface area contributed by atoms with Crippen LogP contribution in [0.25, 0.3) is 0 Å². The van der Waals surface area contributed by atoms with E-state index < -0.39 is 5.91 Å². The van der Waals surface area contributed by atoms with Gasteiger partial charge in [-0.05, 0) is 44.4 Å². The Hall–Kier alpha value is -2.61. The quantitative estimate of drug-likeness (QED) is 0.794. The van der Waals surface area contributed by atoms with Crippen molar-refractivity contribution in [2.75, 3.05) is 23.3 Å². The molecule has 2 aromatic rings. The first kappa shape index (κ1) is 19.2. The molecule has 3 rings (SSSR count). The first-order valence-electron chi connectivity index (χ1n) is 9.09. The van der Waals surface area contributed by atoms with E-state index in [1.807, 2.05) is 13.0 Å². The molecule has 144 valence electrons. The molecule has 7 nitrogen and oxygen atoms in total. The van der Waals surface area contributed by atoms with Gasteiger partial charge in [0.2, 0.25) is 11.8 Å². The van der Waals surface area contributed by atoms with E-state index in [2.05, 4.69) is 10.2 Å². The summed E-state index contributed by atoms with van der Waals surface area (Å²) < 4.78 is 1.59. The number of carbonyl (C=O) groups is 2. The number of benzene rings is 1. The first-order valence-corrected chi connectivity index (χ1v) is 9.97. The Balaban J connectivity index is 1.76. The van der Waals surface area contributed by atoms with Crippen LogP contribution in [0.2, 0.25) is 0 Å². The zero-order valence-corrected chi connectivity index (χ0v) is 16.2. The molecule has 8 heteroatoms. The van der Waals surface area contributed by atoms with Gasteiger partial charge in [0.15, 0.2) is 0 Å². The van der Waals surface area contributed by atoms with Crippen LogP contribution in [0.3, 0.4) is 0 Å². The van der Waals surface area contributed by atoms with Crippen molar-refractivity contribution < 1.29 is 9.59 Å². The van der Waals surface area contributed by atoms with Crippen molar-refractivity contribution in [3.63, 3.8) is 0 Å². The lowest BCUT2D eigenvalue weighted by Gasteiger charge is -2.30. The summed E-state index contributed by atoms with van der Waals surface area (Å²) in [6, 6.07) is 5.16. The maximum Gasteiger partial charge on any atom is 0.307 e. The summed E-state index contributed by atoms with van der Waals surface area (Å²) in [6.45, 7) is 4.01. The highest BCUT2D eigenvalue weighted by Crippen LogP contribution is 2.30. The van der Waals surface area contributed by atoms with Crippen molar-refractivity contribution in [3.05, 3.63) is 44.5 Å². The number of amides is 2. The fraction of sp³-hybridized carbons (Fsp3) is 0.421. The number of nitrogens with one attached hydrogen (secondary N) is 1. The maximum absolute atomic E-state index is 12.5. The van der Waals surface area contributed by atoms with Crippen molar-refractivity contribution in [2.45, 2.75) is 39.2 Å². The average Bonchev–Trinajstić information content (AvgIpc) is 2.98. The molecular weight excluding hydrogens is 364 g/mol. The van der Waals surface area contributed by atoms with E-state index in [1.165, 1.54) is 6.42 Å². The van der Waals surface area contributed by atoms with E-state index in [1.54, 1.807) is 22.1 Å². The van der Waals surface area contributed by atoms with Crippen LogP contribution in [0.5, 0.6) is 0 Å². The smallest absolute Gasteiger partial charge is 0.307 e. The van der Waals surface area contributed by atoms with E-state index in [-0.39, 0.29) is 17.2 Å². The van der Waals surface area contributed by atoms with Gasteiger partial charge in [0, 0.05) is 42.7 Å². The number of nitrogens with two attached hydrogens (primary N) is 1. The lowest BCUT2D eigenvalue weighted by molar-refractivity contribution is -0.116. The van der Waals surface area contributed by atoms with E-state index in [0.717, 1.165) is 48.6 Å². The molecule has 2 heterocycles. The minimum atomic E-state index is -0.531. The van der Waals surface area contributed by atoms with Crippen molar-refractivity contribution in [1.29, 1.82) is 0 Å². The molecule has 0 bridgehead atoms. The highest BCUT2D eigenvalue weighted by molar-refractivity contribution is 7.07. The number of hydrogen-bond donors (Lipinski definition) is 2. The van der Waals surface area contributed by atoms with Gasteiger partial charge in [-0.15, -0.1) is 0 Å². The van der Waals surface area contributed by atoms with Gasteiger partial charge in [-0.2, -0.15) is 0 Å². The number of hydrogen-bond acceptors (Lipinski definition) is 5. The topological polar surface area (TPSA) is 97.4 Å². The van der Waals surface area contributed by atoms with Crippen LogP contribution in [0.1, 0.15) is 41.7 Å². The number of rotatable bonds is 6.